The Labute approximate surface area is 103 Å². The molecule has 2 heteroatoms. The second-order valence-electron chi connectivity index (χ2n) is 4.65. The van der Waals surface area contributed by atoms with E-state index >= 15 is 0 Å². The van der Waals surface area contributed by atoms with Crippen molar-refractivity contribution in [2.24, 2.45) is 11.7 Å². The average Bonchev–Trinajstić information content (AvgIpc) is 2.83. The highest BCUT2D eigenvalue weighted by Gasteiger charge is 2.24. The van der Waals surface area contributed by atoms with E-state index in [1.807, 2.05) is 0 Å². The normalized spacial score (nSPS) is 22.2. The fourth-order valence-electron chi connectivity index (χ4n) is 2.56. The van der Waals surface area contributed by atoms with Gasteiger partial charge < -0.3 is 5.73 Å². The van der Waals surface area contributed by atoms with Crippen molar-refractivity contribution in [3.63, 3.8) is 0 Å². The number of benzene rings is 1. The zero-order valence-electron chi connectivity index (χ0n) is 9.99. The molecule has 1 aromatic rings. The fraction of sp³-hybridized carbons (Fsp3) is 0.571. The SMILES string of the molecule is CC(c1ccccc1CCN)C1CCSC1. The molecule has 88 valence electrons. The van der Waals surface area contributed by atoms with Gasteiger partial charge in [-0.2, -0.15) is 11.8 Å². The molecule has 0 amide bonds. The molecule has 1 aliphatic heterocycles. The van der Waals surface area contributed by atoms with E-state index in [2.05, 4.69) is 43.0 Å². The largest absolute Gasteiger partial charge is 0.330 e. The van der Waals surface area contributed by atoms with Crippen LogP contribution in [0, 0.1) is 5.92 Å². The highest BCUT2D eigenvalue weighted by molar-refractivity contribution is 7.99. The molecule has 1 fully saturated rings. The van der Waals surface area contributed by atoms with Crippen LogP contribution >= 0.6 is 11.8 Å². The summed E-state index contributed by atoms with van der Waals surface area (Å²) in [4.78, 5) is 0. The summed E-state index contributed by atoms with van der Waals surface area (Å²) in [7, 11) is 0. The molecule has 0 aromatic heterocycles. The summed E-state index contributed by atoms with van der Waals surface area (Å²) >= 11 is 2.10. The van der Waals surface area contributed by atoms with Gasteiger partial charge in [-0.15, -0.1) is 0 Å². The van der Waals surface area contributed by atoms with Crippen LogP contribution in [-0.2, 0) is 6.42 Å². The summed E-state index contributed by atoms with van der Waals surface area (Å²) in [6.45, 7) is 3.13. The van der Waals surface area contributed by atoms with Crippen LogP contribution in [0.15, 0.2) is 24.3 Å². The molecule has 0 bridgehead atoms. The van der Waals surface area contributed by atoms with Gasteiger partial charge in [0.15, 0.2) is 0 Å². The van der Waals surface area contributed by atoms with E-state index in [0.29, 0.717) is 5.92 Å². The van der Waals surface area contributed by atoms with E-state index in [1.165, 1.54) is 29.1 Å². The van der Waals surface area contributed by atoms with Gasteiger partial charge >= 0.3 is 0 Å². The monoisotopic (exact) mass is 235 g/mol. The highest BCUT2D eigenvalue weighted by atomic mass is 32.2. The maximum Gasteiger partial charge on any atom is -0.00331 e. The van der Waals surface area contributed by atoms with E-state index in [0.717, 1.165) is 18.9 Å². The predicted molar refractivity (Wildman–Crippen MR) is 73.0 cm³/mol. The first kappa shape index (κ1) is 12.0. The molecule has 0 radical (unpaired) electrons. The lowest BCUT2D eigenvalue weighted by Gasteiger charge is -2.21. The smallest absolute Gasteiger partial charge is 0.00331 e. The minimum absolute atomic E-state index is 0.692. The quantitative estimate of drug-likeness (QED) is 0.868. The van der Waals surface area contributed by atoms with Crippen LogP contribution in [0.2, 0.25) is 0 Å². The zero-order chi connectivity index (χ0) is 11.4. The molecule has 16 heavy (non-hydrogen) atoms. The van der Waals surface area contributed by atoms with Crippen molar-refractivity contribution in [2.45, 2.75) is 25.7 Å². The molecule has 1 nitrogen and oxygen atoms in total. The van der Waals surface area contributed by atoms with Crippen LogP contribution in [-0.4, -0.2) is 18.1 Å². The van der Waals surface area contributed by atoms with E-state index in [1.54, 1.807) is 0 Å². The number of hydrogen-bond acceptors (Lipinski definition) is 2. The minimum atomic E-state index is 0.692. The molecule has 1 aliphatic rings. The van der Waals surface area contributed by atoms with Gasteiger partial charge in [0.05, 0.1) is 0 Å². The van der Waals surface area contributed by atoms with Crippen molar-refractivity contribution in [1.29, 1.82) is 0 Å². The Kier molecular flexibility index (Phi) is 4.30. The van der Waals surface area contributed by atoms with Crippen LogP contribution in [0.1, 0.15) is 30.4 Å². The van der Waals surface area contributed by atoms with Gasteiger partial charge in [-0.25, -0.2) is 0 Å². The van der Waals surface area contributed by atoms with Crippen LogP contribution in [0.25, 0.3) is 0 Å². The Morgan fingerprint density at radius 1 is 1.44 bits per heavy atom. The first-order chi connectivity index (χ1) is 7.83. The molecule has 1 heterocycles. The second-order valence-corrected chi connectivity index (χ2v) is 5.80. The molecule has 2 rings (SSSR count). The van der Waals surface area contributed by atoms with Crippen molar-refractivity contribution in [1.82, 2.24) is 0 Å². The van der Waals surface area contributed by atoms with Crippen LogP contribution in [0.5, 0.6) is 0 Å². The Morgan fingerprint density at radius 3 is 2.94 bits per heavy atom. The lowest BCUT2D eigenvalue weighted by atomic mass is 9.84. The van der Waals surface area contributed by atoms with E-state index in [9.17, 15) is 0 Å². The maximum absolute atomic E-state index is 5.68. The van der Waals surface area contributed by atoms with Crippen LogP contribution < -0.4 is 5.73 Å². The number of nitrogens with two attached hydrogens (primary N) is 1. The first-order valence-electron chi connectivity index (χ1n) is 6.18. The molecular formula is C14H21NS. The van der Waals surface area contributed by atoms with Gasteiger partial charge in [0.2, 0.25) is 0 Å². The predicted octanol–water partition coefficient (Wildman–Crippen LogP) is 3.04. The zero-order valence-corrected chi connectivity index (χ0v) is 10.8. The van der Waals surface area contributed by atoms with Crippen LogP contribution in [0.3, 0.4) is 0 Å². The molecule has 0 saturated carbocycles. The van der Waals surface area contributed by atoms with Gasteiger partial charge in [0.25, 0.3) is 0 Å². The Morgan fingerprint density at radius 2 is 2.25 bits per heavy atom. The fourth-order valence-corrected chi connectivity index (χ4v) is 3.96. The molecule has 0 spiro atoms. The molecule has 1 saturated heterocycles. The first-order valence-corrected chi connectivity index (χ1v) is 7.34. The molecule has 2 atom stereocenters. The minimum Gasteiger partial charge on any atom is -0.330 e. The van der Waals surface area contributed by atoms with Gasteiger partial charge in [-0.3, -0.25) is 0 Å². The van der Waals surface area contributed by atoms with E-state index in [4.69, 9.17) is 5.73 Å². The second kappa shape index (κ2) is 5.74. The van der Waals surface area contributed by atoms with Gasteiger partial charge in [0.1, 0.15) is 0 Å². The summed E-state index contributed by atoms with van der Waals surface area (Å²) in [6, 6.07) is 8.82. The summed E-state index contributed by atoms with van der Waals surface area (Å²) in [5, 5.41) is 0. The van der Waals surface area contributed by atoms with Crippen LogP contribution in [0.4, 0.5) is 0 Å². The number of hydrogen-bond donors (Lipinski definition) is 1. The number of thioether (sulfide) groups is 1. The van der Waals surface area contributed by atoms with Gasteiger partial charge in [0, 0.05) is 0 Å². The molecular weight excluding hydrogens is 214 g/mol. The highest BCUT2D eigenvalue weighted by Crippen LogP contribution is 2.36. The topological polar surface area (TPSA) is 26.0 Å². The number of rotatable bonds is 4. The molecule has 2 N–H and O–H groups in total. The van der Waals surface area contributed by atoms with Crippen molar-refractivity contribution in [3.8, 4) is 0 Å². The van der Waals surface area contributed by atoms with Gasteiger partial charge in [-0.05, 0) is 53.9 Å². The molecule has 2 unspecified atom stereocenters. The third-order valence-electron chi connectivity index (χ3n) is 3.63. The molecule has 1 aromatic carbocycles. The lowest BCUT2D eigenvalue weighted by molar-refractivity contribution is 0.497. The Hall–Kier alpha value is -0.470. The van der Waals surface area contributed by atoms with Crippen molar-refractivity contribution >= 4 is 11.8 Å². The summed E-state index contributed by atoms with van der Waals surface area (Å²) in [6.07, 6.45) is 2.39. The van der Waals surface area contributed by atoms with Crippen molar-refractivity contribution in [2.75, 3.05) is 18.1 Å². The standard InChI is InChI=1S/C14H21NS/c1-11(13-7-9-16-10-13)14-5-3-2-4-12(14)6-8-15/h2-5,11,13H,6-10,15H2,1H3. The average molecular weight is 235 g/mol. The third kappa shape index (κ3) is 2.61. The van der Waals surface area contributed by atoms with Crippen molar-refractivity contribution < 1.29 is 0 Å². The summed E-state index contributed by atoms with van der Waals surface area (Å²) < 4.78 is 0. The Balaban J connectivity index is 2.17. The van der Waals surface area contributed by atoms with Crippen molar-refractivity contribution in [3.05, 3.63) is 35.4 Å². The Bertz CT molecular complexity index is 331. The summed E-state index contributed by atoms with van der Waals surface area (Å²) in [5.74, 6) is 4.23. The maximum atomic E-state index is 5.68. The van der Waals surface area contributed by atoms with E-state index < -0.39 is 0 Å². The van der Waals surface area contributed by atoms with Gasteiger partial charge in [-0.1, -0.05) is 31.2 Å². The molecule has 0 aliphatic carbocycles. The summed E-state index contributed by atoms with van der Waals surface area (Å²) in [5.41, 5.74) is 8.66. The third-order valence-corrected chi connectivity index (χ3v) is 4.82. The lowest BCUT2D eigenvalue weighted by Crippen LogP contribution is -2.13. The van der Waals surface area contributed by atoms with E-state index in [-0.39, 0.29) is 0 Å².